The van der Waals surface area contributed by atoms with Gasteiger partial charge >= 0.3 is 0 Å². The van der Waals surface area contributed by atoms with Gasteiger partial charge in [-0.15, -0.1) is 0 Å². The SMILES string of the molecule is CC(C)C(=N)N1CC(F)(F)C1. The lowest BCUT2D eigenvalue weighted by Gasteiger charge is -2.41. The summed E-state index contributed by atoms with van der Waals surface area (Å²) in [6.45, 7) is 3.12. The zero-order valence-electron chi connectivity index (χ0n) is 6.69. The highest BCUT2D eigenvalue weighted by Crippen LogP contribution is 2.27. The summed E-state index contributed by atoms with van der Waals surface area (Å²) in [4.78, 5) is 1.41. The van der Waals surface area contributed by atoms with Crippen molar-refractivity contribution in [3.63, 3.8) is 0 Å². The van der Waals surface area contributed by atoms with E-state index in [2.05, 4.69) is 0 Å². The summed E-state index contributed by atoms with van der Waals surface area (Å²) >= 11 is 0. The van der Waals surface area contributed by atoms with Gasteiger partial charge in [0.05, 0.1) is 18.9 Å². The summed E-state index contributed by atoms with van der Waals surface area (Å²) in [7, 11) is 0. The molecular weight excluding hydrogens is 150 g/mol. The molecule has 0 saturated carbocycles. The third kappa shape index (κ3) is 1.67. The molecule has 1 heterocycles. The molecule has 11 heavy (non-hydrogen) atoms. The zero-order chi connectivity index (χ0) is 8.65. The van der Waals surface area contributed by atoms with E-state index >= 15 is 0 Å². The molecule has 4 heteroatoms. The lowest BCUT2D eigenvalue weighted by atomic mass is 10.1. The second-order valence-corrected chi connectivity index (χ2v) is 3.25. The number of hydrogen-bond donors (Lipinski definition) is 1. The highest BCUT2D eigenvalue weighted by Gasteiger charge is 2.45. The van der Waals surface area contributed by atoms with Crippen molar-refractivity contribution < 1.29 is 8.78 Å². The summed E-state index contributed by atoms with van der Waals surface area (Å²) in [5.41, 5.74) is 0. The van der Waals surface area contributed by atoms with Crippen molar-refractivity contribution in [2.45, 2.75) is 19.8 Å². The van der Waals surface area contributed by atoms with Crippen LogP contribution in [0.1, 0.15) is 13.8 Å². The monoisotopic (exact) mass is 162 g/mol. The van der Waals surface area contributed by atoms with Gasteiger partial charge in [-0.2, -0.15) is 0 Å². The normalized spacial score (nSPS) is 21.7. The lowest BCUT2D eigenvalue weighted by Crippen LogP contribution is -2.59. The van der Waals surface area contributed by atoms with Gasteiger partial charge < -0.3 is 4.90 Å². The Balaban J connectivity index is 2.38. The van der Waals surface area contributed by atoms with Crippen LogP contribution in [0.4, 0.5) is 8.78 Å². The van der Waals surface area contributed by atoms with E-state index in [1.807, 2.05) is 13.8 Å². The molecule has 0 bridgehead atoms. The number of rotatable bonds is 1. The van der Waals surface area contributed by atoms with Gasteiger partial charge in [-0.1, -0.05) is 13.8 Å². The summed E-state index contributed by atoms with van der Waals surface area (Å²) in [5.74, 6) is -2.19. The number of nitrogens with zero attached hydrogens (tertiary/aromatic N) is 1. The average Bonchev–Trinajstić information content (AvgIpc) is 1.80. The van der Waals surface area contributed by atoms with Crippen molar-refractivity contribution >= 4 is 5.84 Å². The molecule has 1 aliphatic rings. The maximum Gasteiger partial charge on any atom is 0.282 e. The Kier molecular flexibility index (Phi) is 1.86. The fourth-order valence-corrected chi connectivity index (χ4v) is 1.05. The highest BCUT2D eigenvalue weighted by molar-refractivity contribution is 5.81. The Labute approximate surface area is 64.7 Å². The molecule has 1 fully saturated rings. The molecule has 0 aromatic heterocycles. The van der Waals surface area contributed by atoms with Crippen LogP contribution >= 0.6 is 0 Å². The van der Waals surface area contributed by atoms with Crippen LogP contribution in [0.3, 0.4) is 0 Å². The maximum atomic E-state index is 12.3. The number of hydrogen-bond acceptors (Lipinski definition) is 1. The number of nitrogens with one attached hydrogen (secondary N) is 1. The minimum atomic E-state index is -2.55. The predicted molar refractivity (Wildman–Crippen MR) is 39.1 cm³/mol. The zero-order valence-corrected chi connectivity index (χ0v) is 6.69. The molecule has 0 atom stereocenters. The molecule has 0 radical (unpaired) electrons. The van der Waals surface area contributed by atoms with E-state index in [4.69, 9.17) is 5.41 Å². The fraction of sp³-hybridized carbons (Fsp3) is 0.857. The van der Waals surface area contributed by atoms with Crippen molar-refractivity contribution in [1.82, 2.24) is 4.90 Å². The van der Waals surface area contributed by atoms with Crippen LogP contribution in [-0.2, 0) is 0 Å². The van der Waals surface area contributed by atoms with Crippen molar-refractivity contribution in [2.75, 3.05) is 13.1 Å². The van der Waals surface area contributed by atoms with E-state index in [0.29, 0.717) is 5.84 Å². The van der Waals surface area contributed by atoms with Gasteiger partial charge in [0.25, 0.3) is 5.92 Å². The molecule has 0 amide bonds. The number of alkyl halides is 2. The summed E-state index contributed by atoms with van der Waals surface area (Å²) in [6, 6.07) is 0. The molecular formula is C7H12F2N2. The molecule has 0 aromatic rings. The van der Waals surface area contributed by atoms with Gasteiger partial charge in [0.2, 0.25) is 0 Å². The third-order valence-corrected chi connectivity index (χ3v) is 1.73. The Morgan fingerprint density at radius 3 is 2.18 bits per heavy atom. The number of halogens is 2. The molecule has 1 rings (SSSR count). The second-order valence-electron chi connectivity index (χ2n) is 3.25. The van der Waals surface area contributed by atoms with E-state index in [1.54, 1.807) is 0 Å². The van der Waals surface area contributed by atoms with E-state index in [-0.39, 0.29) is 19.0 Å². The fourth-order valence-electron chi connectivity index (χ4n) is 1.05. The Morgan fingerprint density at radius 1 is 1.45 bits per heavy atom. The van der Waals surface area contributed by atoms with Gasteiger partial charge in [-0.25, -0.2) is 8.78 Å². The van der Waals surface area contributed by atoms with Gasteiger partial charge in [0.15, 0.2) is 0 Å². The maximum absolute atomic E-state index is 12.3. The van der Waals surface area contributed by atoms with Gasteiger partial charge in [0.1, 0.15) is 0 Å². The van der Waals surface area contributed by atoms with Crippen LogP contribution in [0, 0.1) is 11.3 Å². The molecule has 1 N–H and O–H groups in total. The smallest absolute Gasteiger partial charge is 0.282 e. The van der Waals surface area contributed by atoms with Crippen molar-refractivity contribution in [2.24, 2.45) is 5.92 Å². The molecule has 0 unspecified atom stereocenters. The van der Waals surface area contributed by atoms with Gasteiger partial charge in [-0.05, 0) is 0 Å². The molecule has 2 nitrogen and oxygen atoms in total. The number of amidine groups is 1. The van der Waals surface area contributed by atoms with E-state index in [9.17, 15) is 8.78 Å². The molecule has 0 spiro atoms. The van der Waals surface area contributed by atoms with Gasteiger partial charge in [0, 0.05) is 5.92 Å². The topological polar surface area (TPSA) is 27.1 Å². The molecule has 1 aliphatic heterocycles. The molecule has 0 aromatic carbocycles. The van der Waals surface area contributed by atoms with Crippen LogP contribution < -0.4 is 0 Å². The summed E-state index contributed by atoms with van der Waals surface area (Å²) < 4.78 is 24.5. The van der Waals surface area contributed by atoms with Crippen molar-refractivity contribution in [3.8, 4) is 0 Å². The predicted octanol–water partition coefficient (Wildman–Crippen LogP) is 1.57. The van der Waals surface area contributed by atoms with Crippen LogP contribution in [0.25, 0.3) is 0 Å². The first kappa shape index (κ1) is 8.43. The highest BCUT2D eigenvalue weighted by atomic mass is 19.3. The minimum Gasteiger partial charge on any atom is -0.348 e. The first-order valence-electron chi connectivity index (χ1n) is 3.63. The lowest BCUT2D eigenvalue weighted by molar-refractivity contribution is -0.103. The van der Waals surface area contributed by atoms with Crippen LogP contribution in [0.15, 0.2) is 0 Å². The minimum absolute atomic E-state index is 0.0473. The first-order chi connectivity index (χ1) is 4.92. The largest absolute Gasteiger partial charge is 0.348 e. The first-order valence-corrected chi connectivity index (χ1v) is 3.63. The van der Waals surface area contributed by atoms with Crippen LogP contribution in [-0.4, -0.2) is 29.7 Å². The summed E-state index contributed by atoms with van der Waals surface area (Å²) in [6.07, 6.45) is 0. The third-order valence-electron chi connectivity index (χ3n) is 1.73. The Bertz CT molecular complexity index is 169. The van der Waals surface area contributed by atoms with Crippen molar-refractivity contribution in [1.29, 1.82) is 5.41 Å². The Hall–Kier alpha value is -0.670. The summed E-state index contributed by atoms with van der Waals surface area (Å²) in [5, 5.41) is 7.37. The quantitative estimate of drug-likeness (QED) is 0.460. The standard InChI is InChI=1S/C7H12F2N2/c1-5(2)6(10)11-3-7(8,9)4-11/h5,10H,3-4H2,1-2H3. The molecule has 1 saturated heterocycles. The van der Waals surface area contributed by atoms with E-state index in [0.717, 1.165) is 0 Å². The average molecular weight is 162 g/mol. The Morgan fingerprint density at radius 2 is 1.91 bits per heavy atom. The second kappa shape index (κ2) is 2.43. The van der Waals surface area contributed by atoms with E-state index in [1.165, 1.54) is 4.90 Å². The van der Waals surface area contributed by atoms with Crippen molar-refractivity contribution in [3.05, 3.63) is 0 Å². The molecule has 64 valence electrons. The van der Waals surface area contributed by atoms with Crippen LogP contribution in [0.5, 0.6) is 0 Å². The van der Waals surface area contributed by atoms with Crippen LogP contribution in [0.2, 0.25) is 0 Å². The van der Waals surface area contributed by atoms with E-state index < -0.39 is 5.92 Å². The van der Waals surface area contributed by atoms with Gasteiger partial charge in [-0.3, -0.25) is 5.41 Å². The number of likely N-dealkylation sites (tertiary alicyclic amines) is 1. The molecule has 0 aliphatic carbocycles.